The second-order valence-corrected chi connectivity index (χ2v) is 5.66. The summed E-state index contributed by atoms with van der Waals surface area (Å²) in [6, 6.07) is 2.30. The number of hydrogen-bond acceptors (Lipinski definition) is 4. The van der Waals surface area contributed by atoms with Crippen molar-refractivity contribution in [2.24, 2.45) is 0 Å². The summed E-state index contributed by atoms with van der Waals surface area (Å²) in [5.74, 6) is -2.10. The van der Waals surface area contributed by atoms with E-state index in [1.165, 1.54) is 6.92 Å². The molecule has 0 radical (unpaired) electrons. The molecule has 118 valence electrons. The molecule has 0 aliphatic rings. The molecule has 10 heteroatoms. The molecule has 21 heavy (non-hydrogen) atoms. The van der Waals surface area contributed by atoms with E-state index in [2.05, 4.69) is 4.74 Å². The summed E-state index contributed by atoms with van der Waals surface area (Å²) < 4.78 is 65.5. The number of benzene rings is 1. The van der Waals surface area contributed by atoms with Crippen LogP contribution in [0.4, 0.5) is 13.2 Å². The Labute approximate surface area is 118 Å². The molecule has 6 nitrogen and oxygen atoms in total. The van der Waals surface area contributed by atoms with Crippen molar-refractivity contribution in [3.63, 3.8) is 0 Å². The van der Waals surface area contributed by atoms with Gasteiger partial charge in [-0.2, -0.15) is 4.72 Å². The Morgan fingerprint density at radius 1 is 1.43 bits per heavy atom. The van der Waals surface area contributed by atoms with Crippen LogP contribution in [0.1, 0.15) is 13.3 Å². The number of carboxylic acid groups (broad SMARTS) is 1. The molecule has 0 fully saturated rings. The summed E-state index contributed by atoms with van der Waals surface area (Å²) >= 11 is 0. The van der Waals surface area contributed by atoms with Gasteiger partial charge in [0.25, 0.3) is 0 Å². The molecule has 0 aromatic heterocycles. The fourth-order valence-corrected chi connectivity index (χ4v) is 2.71. The van der Waals surface area contributed by atoms with Crippen LogP contribution >= 0.6 is 0 Å². The Balaban J connectivity index is 3.04. The van der Waals surface area contributed by atoms with Crippen molar-refractivity contribution in [1.82, 2.24) is 4.72 Å². The largest absolute Gasteiger partial charge is 0.573 e. The molecule has 1 rings (SSSR count). The van der Waals surface area contributed by atoms with Gasteiger partial charge in [0, 0.05) is 6.07 Å². The van der Waals surface area contributed by atoms with E-state index in [9.17, 15) is 26.4 Å². The molecule has 0 bridgehead atoms. The van der Waals surface area contributed by atoms with Crippen molar-refractivity contribution in [3.8, 4) is 5.75 Å². The smallest absolute Gasteiger partial charge is 0.480 e. The molecule has 1 aromatic carbocycles. The minimum absolute atomic E-state index is 0.0205. The second kappa shape index (κ2) is 6.31. The van der Waals surface area contributed by atoms with Crippen molar-refractivity contribution >= 4 is 16.0 Å². The highest BCUT2D eigenvalue weighted by Crippen LogP contribution is 2.24. The number of hydrogen-bond donors (Lipinski definition) is 2. The number of carboxylic acids is 1. The van der Waals surface area contributed by atoms with E-state index in [0.717, 1.165) is 18.2 Å². The van der Waals surface area contributed by atoms with Crippen molar-refractivity contribution in [2.75, 3.05) is 0 Å². The molecule has 0 saturated heterocycles. The molecule has 0 amide bonds. The number of alkyl halides is 3. The Morgan fingerprint density at radius 2 is 2.05 bits per heavy atom. The number of aliphatic carboxylic acids is 1. The van der Waals surface area contributed by atoms with Crippen LogP contribution in [-0.2, 0) is 14.8 Å². The van der Waals surface area contributed by atoms with Gasteiger partial charge in [-0.25, -0.2) is 8.42 Å². The minimum atomic E-state index is -4.96. The van der Waals surface area contributed by atoms with Gasteiger partial charge in [0.2, 0.25) is 10.0 Å². The molecule has 0 aliphatic heterocycles. The van der Waals surface area contributed by atoms with Gasteiger partial charge < -0.3 is 9.84 Å². The van der Waals surface area contributed by atoms with Crippen LogP contribution in [0.2, 0.25) is 0 Å². The van der Waals surface area contributed by atoms with Crippen molar-refractivity contribution in [3.05, 3.63) is 24.3 Å². The Bertz CT molecular complexity index is 615. The second-order valence-electron chi connectivity index (χ2n) is 3.94. The van der Waals surface area contributed by atoms with Crippen molar-refractivity contribution in [2.45, 2.75) is 30.6 Å². The zero-order valence-corrected chi connectivity index (χ0v) is 11.5. The van der Waals surface area contributed by atoms with Gasteiger partial charge in [0.15, 0.2) is 0 Å². The van der Waals surface area contributed by atoms with Crippen LogP contribution in [0.25, 0.3) is 0 Å². The van der Waals surface area contributed by atoms with E-state index in [-0.39, 0.29) is 6.42 Å². The van der Waals surface area contributed by atoms with Gasteiger partial charge in [-0.3, -0.25) is 4.79 Å². The topological polar surface area (TPSA) is 92.7 Å². The summed E-state index contributed by atoms with van der Waals surface area (Å²) in [6.45, 7) is 1.45. The maximum atomic E-state index is 12.1. The summed E-state index contributed by atoms with van der Waals surface area (Å²) in [6.07, 6.45) is -4.98. The molecule has 0 aliphatic carbocycles. The van der Waals surface area contributed by atoms with E-state index >= 15 is 0 Å². The highest BCUT2D eigenvalue weighted by atomic mass is 32.2. The monoisotopic (exact) mass is 327 g/mol. The molecule has 1 atom stereocenters. The van der Waals surface area contributed by atoms with Crippen LogP contribution in [0.3, 0.4) is 0 Å². The molecule has 0 spiro atoms. The highest BCUT2D eigenvalue weighted by Gasteiger charge is 2.32. The predicted molar refractivity (Wildman–Crippen MR) is 65.2 cm³/mol. The fraction of sp³-hybridized carbons (Fsp3) is 0.364. The molecule has 1 unspecified atom stereocenters. The predicted octanol–water partition coefficient (Wildman–Crippen LogP) is 1.73. The van der Waals surface area contributed by atoms with Crippen LogP contribution < -0.4 is 9.46 Å². The minimum Gasteiger partial charge on any atom is -0.480 e. The van der Waals surface area contributed by atoms with Crippen molar-refractivity contribution in [1.29, 1.82) is 0 Å². The normalized spacial score (nSPS) is 13.7. The van der Waals surface area contributed by atoms with E-state index < -0.39 is 39.0 Å². The van der Waals surface area contributed by atoms with Crippen LogP contribution in [0.15, 0.2) is 29.2 Å². The van der Waals surface area contributed by atoms with E-state index in [1.54, 1.807) is 0 Å². The summed E-state index contributed by atoms with van der Waals surface area (Å²) in [7, 11) is -4.27. The molecular weight excluding hydrogens is 315 g/mol. The zero-order valence-electron chi connectivity index (χ0n) is 10.7. The van der Waals surface area contributed by atoms with Gasteiger partial charge in [0.1, 0.15) is 11.8 Å². The maximum Gasteiger partial charge on any atom is 0.573 e. The molecule has 0 saturated carbocycles. The summed E-state index contributed by atoms with van der Waals surface area (Å²) in [5.41, 5.74) is 0. The van der Waals surface area contributed by atoms with Gasteiger partial charge in [-0.1, -0.05) is 13.0 Å². The number of carbonyl (C=O) groups is 1. The third-order valence-electron chi connectivity index (χ3n) is 2.35. The lowest BCUT2D eigenvalue weighted by Gasteiger charge is -2.14. The van der Waals surface area contributed by atoms with Gasteiger partial charge >= 0.3 is 12.3 Å². The quantitative estimate of drug-likeness (QED) is 0.830. The average molecular weight is 327 g/mol. The number of nitrogens with one attached hydrogen (secondary N) is 1. The van der Waals surface area contributed by atoms with Gasteiger partial charge in [-0.05, 0) is 18.6 Å². The first-order valence-corrected chi connectivity index (χ1v) is 7.14. The van der Waals surface area contributed by atoms with E-state index in [1.807, 2.05) is 4.72 Å². The standard InChI is InChI=1S/C11H12F3NO5S/c1-2-9(10(16)17)15-21(18,19)8-5-3-4-7(6-8)20-11(12,13)14/h3-6,9,15H,2H2,1H3,(H,16,17). The number of rotatable bonds is 6. The first-order valence-electron chi connectivity index (χ1n) is 5.66. The highest BCUT2D eigenvalue weighted by molar-refractivity contribution is 7.89. The third-order valence-corrected chi connectivity index (χ3v) is 3.82. The summed E-state index contributed by atoms with van der Waals surface area (Å²) in [5, 5.41) is 8.79. The Kier molecular flexibility index (Phi) is 5.18. The van der Waals surface area contributed by atoms with Gasteiger partial charge in [-0.15, -0.1) is 13.2 Å². The molecular formula is C11H12F3NO5S. The Hall–Kier alpha value is -1.81. The van der Waals surface area contributed by atoms with Crippen LogP contribution in [0, 0.1) is 0 Å². The first-order chi connectivity index (χ1) is 9.55. The van der Waals surface area contributed by atoms with Crippen LogP contribution in [0.5, 0.6) is 5.75 Å². The lowest BCUT2D eigenvalue weighted by Crippen LogP contribution is -2.40. The number of sulfonamides is 1. The van der Waals surface area contributed by atoms with E-state index in [4.69, 9.17) is 5.11 Å². The zero-order chi connectivity index (χ0) is 16.3. The number of halogens is 3. The van der Waals surface area contributed by atoms with Crippen molar-refractivity contribution < 1.29 is 36.2 Å². The van der Waals surface area contributed by atoms with Crippen LogP contribution in [-0.4, -0.2) is 31.9 Å². The molecule has 2 N–H and O–H groups in total. The first kappa shape index (κ1) is 17.2. The third kappa shape index (κ3) is 5.23. The van der Waals surface area contributed by atoms with E-state index in [0.29, 0.717) is 6.07 Å². The Morgan fingerprint density at radius 3 is 2.52 bits per heavy atom. The average Bonchev–Trinajstić information content (AvgIpc) is 2.34. The van der Waals surface area contributed by atoms with Gasteiger partial charge in [0.05, 0.1) is 4.90 Å². The summed E-state index contributed by atoms with van der Waals surface area (Å²) in [4.78, 5) is 10.3. The lowest BCUT2D eigenvalue weighted by atomic mass is 10.2. The SMILES string of the molecule is CCC(NS(=O)(=O)c1cccc(OC(F)(F)F)c1)C(=O)O. The molecule has 1 aromatic rings. The maximum absolute atomic E-state index is 12.1. The lowest BCUT2D eigenvalue weighted by molar-refractivity contribution is -0.274. The number of ether oxygens (including phenoxy) is 1. The fourth-order valence-electron chi connectivity index (χ4n) is 1.40. The molecule has 0 heterocycles.